The van der Waals surface area contributed by atoms with E-state index in [1.54, 1.807) is 16.8 Å². The van der Waals surface area contributed by atoms with Gasteiger partial charge < -0.3 is 15.0 Å². The topological polar surface area (TPSA) is 71.3 Å². The highest BCUT2D eigenvalue weighted by molar-refractivity contribution is 9.10. The zero-order valence-electron chi connectivity index (χ0n) is 9.95. The Morgan fingerprint density at radius 2 is 2.12 bits per heavy atom. The molecule has 0 aromatic carbocycles. The molecule has 2 N–H and O–H groups in total. The number of halogens is 1. The van der Waals surface area contributed by atoms with Crippen LogP contribution in [-0.4, -0.2) is 27.1 Å². The number of aryl methyl sites for hydroxylation is 1. The predicted molar refractivity (Wildman–Crippen MR) is 67.0 cm³/mol. The first kappa shape index (κ1) is 13.8. The molecule has 1 aromatic heterocycles. The molecular weight excluding hydrogens is 288 g/mol. The normalized spacial score (nSPS) is 11.3. The molecular formula is C11H15BrN2O3. The van der Waals surface area contributed by atoms with Crippen LogP contribution in [0, 0.1) is 0 Å². The van der Waals surface area contributed by atoms with Gasteiger partial charge in [-0.3, -0.25) is 4.79 Å². The van der Waals surface area contributed by atoms with E-state index in [9.17, 15) is 9.59 Å². The third-order valence-corrected chi connectivity index (χ3v) is 2.83. The molecule has 0 fully saturated rings. The van der Waals surface area contributed by atoms with Crippen LogP contribution in [0.2, 0.25) is 0 Å². The second-order valence-corrected chi connectivity index (χ2v) is 5.13. The highest BCUT2D eigenvalue weighted by Crippen LogP contribution is 2.16. The van der Waals surface area contributed by atoms with Crippen molar-refractivity contribution in [1.82, 2.24) is 9.88 Å². The van der Waals surface area contributed by atoms with E-state index in [-0.39, 0.29) is 0 Å². The SMILES string of the molecule is CCn1cc(Br)cc1C(=O)NC(C)(C)C(=O)O. The van der Waals surface area contributed by atoms with Crippen molar-refractivity contribution in [3.8, 4) is 0 Å². The lowest BCUT2D eigenvalue weighted by Gasteiger charge is -2.21. The standard InChI is InChI=1S/C11H15BrN2O3/c1-4-14-6-7(12)5-8(14)9(15)13-11(2,3)10(16)17/h5-6H,4H2,1-3H3,(H,13,15)(H,16,17). The number of aliphatic carboxylic acids is 1. The molecule has 0 aliphatic heterocycles. The maximum absolute atomic E-state index is 11.9. The highest BCUT2D eigenvalue weighted by Gasteiger charge is 2.30. The van der Waals surface area contributed by atoms with E-state index in [1.165, 1.54) is 13.8 Å². The fraction of sp³-hybridized carbons (Fsp3) is 0.455. The second-order valence-electron chi connectivity index (χ2n) is 4.21. The van der Waals surface area contributed by atoms with E-state index in [2.05, 4.69) is 21.2 Å². The Hall–Kier alpha value is -1.30. The van der Waals surface area contributed by atoms with Gasteiger partial charge >= 0.3 is 5.97 Å². The first-order valence-corrected chi connectivity index (χ1v) is 5.99. The van der Waals surface area contributed by atoms with Gasteiger partial charge in [0.15, 0.2) is 0 Å². The van der Waals surface area contributed by atoms with Gasteiger partial charge in [0.2, 0.25) is 0 Å². The number of carbonyl (C=O) groups is 2. The van der Waals surface area contributed by atoms with Crippen molar-refractivity contribution >= 4 is 27.8 Å². The number of hydrogen-bond donors (Lipinski definition) is 2. The van der Waals surface area contributed by atoms with Crippen molar-refractivity contribution in [2.45, 2.75) is 32.9 Å². The summed E-state index contributed by atoms with van der Waals surface area (Å²) in [7, 11) is 0. The highest BCUT2D eigenvalue weighted by atomic mass is 79.9. The molecule has 5 nitrogen and oxygen atoms in total. The van der Waals surface area contributed by atoms with E-state index in [4.69, 9.17) is 5.11 Å². The fourth-order valence-corrected chi connectivity index (χ4v) is 1.79. The third kappa shape index (κ3) is 3.09. The van der Waals surface area contributed by atoms with Gasteiger partial charge in [0.05, 0.1) is 0 Å². The second kappa shape index (κ2) is 4.91. The number of nitrogens with zero attached hydrogens (tertiary/aromatic N) is 1. The van der Waals surface area contributed by atoms with Crippen LogP contribution in [0.5, 0.6) is 0 Å². The molecule has 0 radical (unpaired) electrons. The zero-order valence-corrected chi connectivity index (χ0v) is 11.5. The Kier molecular flexibility index (Phi) is 3.98. The Balaban J connectivity index is 2.94. The van der Waals surface area contributed by atoms with Crippen molar-refractivity contribution in [3.63, 3.8) is 0 Å². The molecule has 6 heteroatoms. The van der Waals surface area contributed by atoms with Crippen molar-refractivity contribution in [2.75, 3.05) is 0 Å². The van der Waals surface area contributed by atoms with Crippen molar-refractivity contribution in [2.24, 2.45) is 0 Å². The Bertz CT molecular complexity index is 452. The van der Waals surface area contributed by atoms with Crippen molar-refractivity contribution < 1.29 is 14.7 Å². The largest absolute Gasteiger partial charge is 0.480 e. The molecule has 0 unspecified atom stereocenters. The number of carbonyl (C=O) groups excluding carboxylic acids is 1. The van der Waals surface area contributed by atoms with E-state index < -0.39 is 17.4 Å². The number of carboxylic acid groups (broad SMARTS) is 1. The van der Waals surface area contributed by atoms with Crippen LogP contribution >= 0.6 is 15.9 Å². The number of amides is 1. The van der Waals surface area contributed by atoms with Gasteiger partial charge in [0, 0.05) is 17.2 Å². The summed E-state index contributed by atoms with van der Waals surface area (Å²) in [6, 6.07) is 1.66. The lowest BCUT2D eigenvalue weighted by atomic mass is 10.1. The van der Waals surface area contributed by atoms with Crippen LogP contribution in [0.25, 0.3) is 0 Å². The number of carboxylic acids is 1. The number of hydrogen-bond acceptors (Lipinski definition) is 2. The van der Waals surface area contributed by atoms with Crippen molar-refractivity contribution in [3.05, 3.63) is 22.4 Å². The maximum Gasteiger partial charge on any atom is 0.328 e. The molecule has 0 saturated carbocycles. The summed E-state index contributed by atoms with van der Waals surface area (Å²) < 4.78 is 2.54. The Morgan fingerprint density at radius 3 is 2.59 bits per heavy atom. The van der Waals surface area contributed by atoms with Crippen molar-refractivity contribution in [1.29, 1.82) is 0 Å². The first-order valence-electron chi connectivity index (χ1n) is 5.19. The lowest BCUT2D eigenvalue weighted by molar-refractivity contribution is -0.143. The Labute approximate surface area is 108 Å². The summed E-state index contributed by atoms with van der Waals surface area (Å²) in [6.07, 6.45) is 1.78. The minimum absolute atomic E-state index is 0.398. The van der Waals surface area contributed by atoms with E-state index in [0.29, 0.717) is 12.2 Å². The molecule has 1 rings (SSSR count). The van der Waals surface area contributed by atoms with Gasteiger partial charge in [0.1, 0.15) is 11.2 Å². The Morgan fingerprint density at radius 1 is 1.53 bits per heavy atom. The average molecular weight is 303 g/mol. The molecule has 94 valence electrons. The summed E-state index contributed by atoms with van der Waals surface area (Å²) in [6.45, 7) is 5.44. The molecule has 0 bridgehead atoms. The van der Waals surface area contributed by atoms with E-state index in [0.717, 1.165) is 4.47 Å². The van der Waals surface area contributed by atoms with Gasteiger partial charge in [-0.15, -0.1) is 0 Å². The number of aromatic nitrogens is 1. The summed E-state index contributed by atoms with van der Waals surface area (Å²) in [4.78, 5) is 22.9. The molecule has 0 atom stereocenters. The van der Waals surface area contributed by atoms with Crippen LogP contribution in [0.3, 0.4) is 0 Å². The molecule has 1 amide bonds. The van der Waals surface area contributed by atoms with Crippen LogP contribution in [0.4, 0.5) is 0 Å². The van der Waals surface area contributed by atoms with Crippen LogP contribution in [0.15, 0.2) is 16.7 Å². The summed E-state index contributed by atoms with van der Waals surface area (Å²) in [5.41, 5.74) is -0.847. The van der Waals surface area contributed by atoms with E-state index >= 15 is 0 Å². The molecule has 0 saturated heterocycles. The molecule has 1 aromatic rings. The van der Waals surface area contributed by atoms with Crippen LogP contribution in [0.1, 0.15) is 31.3 Å². The zero-order chi connectivity index (χ0) is 13.2. The summed E-state index contributed by atoms with van der Waals surface area (Å²) in [5, 5.41) is 11.4. The molecule has 0 spiro atoms. The van der Waals surface area contributed by atoms with Gasteiger partial charge in [-0.1, -0.05) is 0 Å². The average Bonchev–Trinajstić information content (AvgIpc) is 2.58. The van der Waals surface area contributed by atoms with Gasteiger partial charge in [-0.05, 0) is 42.8 Å². The van der Waals surface area contributed by atoms with Crippen LogP contribution < -0.4 is 5.32 Å². The molecule has 1 heterocycles. The smallest absolute Gasteiger partial charge is 0.328 e. The predicted octanol–water partition coefficient (Wildman–Crippen LogP) is 1.86. The van der Waals surface area contributed by atoms with Gasteiger partial charge in [-0.25, -0.2) is 4.79 Å². The fourth-order valence-electron chi connectivity index (χ4n) is 1.33. The molecule has 17 heavy (non-hydrogen) atoms. The molecule has 0 aliphatic rings. The third-order valence-electron chi connectivity index (χ3n) is 2.40. The number of nitrogens with one attached hydrogen (secondary N) is 1. The van der Waals surface area contributed by atoms with Crippen LogP contribution in [-0.2, 0) is 11.3 Å². The lowest BCUT2D eigenvalue weighted by Crippen LogP contribution is -2.50. The maximum atomic E-state index is 11.9. The minimum Gasteiger partial charge on any atom is -0.480 e. The quantitative estimate of drug-likeness (QED) is 0.892. The van der Waals surface area contributed by atoms with Gasteiger partial charge in [-0.2, -0.15) is 0 Å². The van der Waals surface area contributed by atoms with Gasteiger partial charge in [0.25, 0.3) is 5.91 Å². The minimum atomic E-state index is -1.29. The summed E-state index contributed by atoms with van der Waals surface area (Å²) >= 11 is 3.28. The monoisotopic (exact) mass is 302 g/mol. The first-order chi connectivity index (χ1) is 7.77. The summed E-state index contributed by atoms with van der Waals surface area (Å²) in [5.74, 6) is -1.47. The van der Waals surface area contributed by atoms with E-state index in [1.807, 2.05) is 6.92 Å². The number of rotatable bonds is 4. The molecule has 0 aliphatic carbocycles.